The average Bonchev–Trinajstić information content (AvgIpc) is 2.91. The largest absolute Gasteiger partial charge is 0.305 e. The normalized spacial score (nSPS) is 12.3. The van der Waals surface area contributed by atoms with E-state index in [0.29, 0.717) is 11.5 Å². The number of nitrogens with zero attached hydrogens (tertiary/aromatic N) is 2. The molecule has 0 saturated heterocycles. The Morgan fingerprint density at radius 3 is 2.44 bits per heavy atom. The minimum atomic E-state index is -3.90. The van der Waals surface area contributed by atoms with Crippen LogP contribution in [-0.2, 0) is 15.6 Å². The Bertz CT molecular complexity index is 1140. The van der Waals surface area contributed by atoms with Crippen LogP contribution in [0.1, 0.15) is 36.7 Å². The number of imidazole rings is 1. The summed E-state index contributed by atoms with van der Waals surface area (Å²) in [6, 6.07) is 11.8. The lowest BCUT2D eigenvalue weighted by Crippen LogP contribution is -2.26. The summed E-state index contributed by atoms with van der Waals surface area (Å²) in [5, 5.41) is 8.00. The van der Waals surface area contributed by atoms with E-state index in [4.69, 9.17) is 5.14 Å². The predicted molar refractivity (Wildman–Crippen MR) is 105 cm³/mol. The van der Waals surface area contributed by atoms with Gasteiger partial charge in [-0.3, -0.25) is 10.1 Å². The number of sulfonamides is 1. The average molecular weight is 386 g/mol. The highest BCUT2D eigenvalue weighted by Gasteiger charge is 2.23. The topological polar surface area (TPSA) is 107 Å². The van der Waals surface area contributed by atoms with Gasteiger partial charge in [0, 0.05) is 11.1 Å². The Balaban J connectivity index is 2.08. The molecule has 3 aromatic rings. The van der Waals surface area contributed by atoms with Crippen molar-refractivity contribution in [1.82, 2.24) is 9.55 Å². The van der Waals surface area contributed by atoms with Crippen LogP contribution in [-0.4, -0.2) is 23.9 Å². The van der Waals surface area contributed by atoms with E-state index in [1.54, 1.807) is 13.0 Å². The maximum absolute atomic E-state index is 12.9. The van der Waals surface area contributed by atoms with Crippen molar-refractivity contribution in [3.05, 3.63) is 53.6 Å². The quantitative estimate of drug-likeness (QED) is 0.721. The van der Waals surface area contributed by atoms with Crippen LogP contribution in [0.15, 0.2) is 47.4 Å². The van der Waals surface area contributed by atoms with Gasteiger partial charge in [-0.05, 0) is 57.5 Å². The van der Waals surface area contributed by atoms with Crippen LogP contribution >= 0.6 is 0 Å². The number of benzene rings is 2. The van der Waals surface area contributed by atoms with Gasteiger partial charge in [-0.2, -0.15) is 0 Å². The van der Waals surface area contributed by atoms with Gasteiger partial charge < -0.3 is 4.57 Å². The molecular weight excluding hydrogens is 364 g/mol. The molecule has 0 spiro atoms. The van der Waals surface area contributed by atoms with Crippen molar-refractivity contribution in [1.29, 1.82) is 0 Å². The van der Waals surface area contributed by atoms with E-state index in [1.165, 1.54) is 12.1 Å². The number of aryl methyl sites for hydroxylation is 1. The number of aromatic nitrogens is 2. The fraction of sp³-hybridized carbons (Fsp3) is 0.263. The van der Waals surface area contributed by atoms with Gasteiger partial charge in [-0.15, -0.1) is 0 Å². The number of nitrogens with one attached hydrogen (secondary N) is 1. The SMILES string of the molecule is Cc1ccc(S(N)(=O)=O)cc1C(=O)Nc1nc2ccccc2n1C(C)(C)C. The number of carbonyl (C=O) groups excluding carboxylic acids is 1. The molecule has 142 valence electrons. The van der Waals surface area contributed by atoms with Crippen molar-refractivity contribution >= 4 is 32.9 Å². The van der Waals surface area contributed by atoms with E-state index in [2.05, 4.69) is 10.3 Å². The molecule has 1 heterocycles. The van der Waals surface area contributed by atoms with Crippen LogP contribution in [0.4, 0.5) is 5.95 Å². The van der Waals surface area contributed by atoms with E-state index >= 15 is 0 Å². The fourth-order valence-corrected chi connectivity index (χ4v) is 3.52. The third-order valence-electron chi connectivity index (χ3n) is 4.24. The number of para-hydroxylation sites is 2. The zero-order valence-electron chi connectivity index (χ0n) is 15.6. The summed E-state index contributed by atoms with van der Waals surface area (Å²) in [7, 11) is -3.90. The zero-order chi connectivity index (χ0) is 20.0. The molecular formula is C19H22N4O3S. The minimum absolute atomic E-state index is 0.109. The van der Waals surface area contributed by atoms with Crippen LogP contribution in [0, 0.1) is 6.92 Å². The second-order valence-corrected chi connectivity index (χ2v) is 8.97. The molecule has 0 unspecified atom stereocenters. The first kappa shape index (κ1) is 19.1. The molecule has 27 heavy (non-hydrogen) atoms. The third-order valence-corrected chi connectivity index (χ3v) is 5.15. The molecule has 3 rings (SSSR count). The number of amides is 1. The van der Waals surface area contributed by atoms with E-state index in [1.807, 2.05) is 49.6 Å². The van der Waals surface area contributed by atoms with Gasteiger partial charge in [0.05, 0.1) is 15.9 Å². The highest BCUT2D eigenvalue weighted by Crippen LogP contribution is 2.28. The lowest BCUT2D eigenvalue weighted by Gasteiger charge is -2.24. The van der Waals surface area contributed by atoms with Crippen molar-refractivity contribution in [2.24, 2.45) is 5.14 Å². The molecule has 0 aliphatic heterocycles. The summed E-state index contributed by atoms with van der Waals surface area (Å²) in [6.45, 7) is 7.78. The number of hydrogen-bond donors (Lipinski definition) is 2. The summed E-state index contributed by atoms with van der Waals surface area (Å²) in [4.78, 5) is 17.3. The molecule has 2 aromatic carbocycles. The number of anilines is 1. The predicted octanol–water partition coefficient (Wildman–Crippen LogP) is 3.00. The van der Waals surface area contributed by atoms with Crippen molar-refractivity contribution in [2.45, 2.75) is 38.1 Å². The van der Waals surface area contributed by atoms with Crippen LogP contribution in [0.2, 0.25) is 0 Å². The second kappa shape index (κ2) is 6.47. The molecule has 7 nitrogen and oxygen atoms in total. The van der Waals surface area contributed by atoms with Crippen molar-refractivity contribution in [3.63, 3.8) is 0 Å². The van der Waals surface area contributed by atoms with Gasteiger partial charge in [-0.1, -0.05) is 18.2 Å². The number of fused-ring (bicyclic) bond motifs is 1. The molecule has 0 aliphatic rings. The Morgan fingerprint density at radius 1 is 1.15 bits per heavy atom. The van der Waals surface area contributed by atoms with Gasteiger partial charge in [0.15, 0.2) is 0 Å². The van der Waals surface area contributed by atoms with E-state index < -0.39 is 15.9 Å². The molecule has 0 bridgehead atoms. The molecule has 0 aliphatic carbocycles. The molecule has 1 amide bonds. The van der Waals surface area contributed by atoms with Crippen molar-refractivity contribution in [3.8, 4) is 0 Å². The lowest BCUT2D eigenvalue weighted by molar-refractivity contribution is 0.102. The zero-order valence-corrected chi connectivity index (χ0v) is 16.5. The van der Waals surface area contributed by atoms with Crippen molar-refractivity contribution in [2.75, 3.05) is 5.32 Å². The second-order valence-electron chi connectivity index (χ2n) is 7.41. The number of carbonyl (C=O) groups is 1. The Morgan fingerprint density at radius 2 is 1.81 bits per heavy atom. The third kappa shape index (κ3) is 3.72. The Kier molecular flexibility index (Phi) is 4.57. The molecule has 3 N–H and O–H groups in total. The van der Waals surface area contributed by atoms with Crippen LogP contribution in [0.3, 0.4) is 0 Å². The molecule has 0 saturated carbocycles. The van der Waals surface area contributed by atoms with E-state index in [9.17, 15) is 13.2 Å². The molecule has 0 atom stereocenters. The first-order chi connectivity index (χ1) is 12.5. The Hall–Kier alpha value is -2.71. The summed E-state index contributed by atoms with van der Waals surface area (Å²) in [6.07, 6.45) is 0. The maximum atomic E-state index is 12.9. The molecule has 8 heteroatoms. The minimum Gasteiger partial charge on any atom is -0.305 e. The summed E-state index contributed by atoms with van der Waals surface area (Å²) in [5.74, 6) is -0.0482. The van der Waals surface area contributed by atoms with Crippen LogP contribution in [0.25, 0.3) is 11.0 Å². The molecule has 0 fully saturated rings. The van der Waals surface area contributed by atoms with Crippen LogP contribution in [0.5, 0.6) is 0 Å². The smallest absolute Gasteiger partial charge is 0.258 e. The first-order valence-electron chi connectivity index (χ1n) is 8.41. The number of nitrogens with two attached hydrogens (primary N) is 1. The van der Waals surface area contributed by atoms with Gasteiger partial charge in [0.1, 0.15) is 0 Å². The molecule has 0 radical (unpaired) electrons. The number of rotatable bonds is 3. The monoisotopic (exact) mass is 386 g/mol. The maximum Gasteiger partial charge on any atom is 0.258 e. The number of primary sulfonamides is 1. The first-order valence-corrected chi connectivity index (χ1v) is 9.96. The summed E-state index contributed by atoms with van der Waals surface area (Å²) >= 11 is 0. The summed E-state index contributed by atoms with van der Waals surface area (Å²) in [5.41, 5.74) is 2.20. The highest BCUT2D eigenvalue weighted by atomic mass is 32.2. The lowest BCUT2D eigenvalue weighted by atomic mass is 10.1. The Labute approximate surface area is 158 Å². The summed E-state index contributed by atoms with van der Waals surface area (Å²) < 4.78 is 25.2. The van der Waals surface area contributed by atoms with Gasteiger partial charge in [-0.25, -0.2) is 18.5 Å². The van der Waals surface area contributed by atoms with E-state index in [0.717, 1.165) is 11.0 Å². The fourth-order valence-electron chi connectivity index (χ4n) is 2.98. The van der Waals surface area contributed by atoms with Crippen LogP contribution < -0.4 is 10.5 Å². The molecule has 1 aromatic heterocycles. The van der Waals surface area contributed by atoms with Crippen molar-refractivity contribution < 1.29 is 13.2 Å². The van der Waals surface area contributed by atoms with E-state index in [-0.39, 0.29) is 16.0 Å². The van der Waals surface area contributed by atoms with Gasteiger partial charge in [0.2, 0.25) is 16.0 Å². The van der Waals surface area contributed by atoms with Gasteiger partial charge >= 0.3 is 0 Å². The highest BCUT2D eigenvalue weighted by molar-refractivity contribution is 7.89. The van der Waals surface area contributed by atoms with Gasteiger partial charge in [0.25, 0.3) is 5.91 Å². The standard InChI is InChI=1S/C19H22N4O3S/c1-12-9-10-13(27(20,25)26)11-14(12)17(24)22-18-21-15-7-5-6-8-16(15)23(18)19(2,3)4/h5-11H,1-4H3,(H2,20,25,26)(H,21,22,24). The number of hydrogen-bond acceptors (Lipinski definition) is 4.